The van der Waals surface area contributed by atoms with Crippen molar-refractivity contribution in [2.75, 3.05) is 40.4 Å². The summed E-state index contributed by atoms with van der Waals surface area (Å²) in [5, 5.41) is 7.87. The van der Waals surface area contributed by atoms with Crippen molar-refractivity contribution in [3.63, 3.8) is 0 Å². The summed E-state index contributed by atoms with van der Waals surface area (Å²) >= 11 is 0. The second-order valence-electron chi connectivity index (χ2n) is 2.97. The van der Waals surface area contributed by atoms with Crippen LogP contribution in [-0.2, 0) is 14.3 Å². The van der Waals surface area contributed by atoms with Gasteiger partial charge in [-0.3, -0.25) is 14.9 Å². The molecular weight excluding hydrogens is 198 g/mol. The van der Waals surface area contributed by atoms with Crippen molar-refractivity contribution in [3.05, 3.63) is 0 Å². The molecule has 0 bridgehead atoms. The van der Waals surface area contributed by atoms with Crippen molar-refractivity contribution in [2.45, 2.75) is 6.42 Å². The van der Waals surface area contributed by atoms with E-state index in [1.165, 1.54) is 0 Å². The van der Waals surface area contributed by atoms with Gasteiger partial charge >= 0.3 is 0 Å². The van der Waals surface area contributed by atoms with Crippen LogP contribution in [0, 0.1) is 0 Å². The molecule has 0 aromatic carbocycles. The van der Waals surface area contributed by atoms with E-state index in [1.807, 2.05) is 0 Å². The lowest BCUT2D eigenvalue weighted by Crippen LogP contribution is -2.39. The Labute approximate surface area is 89.7 Å². The zero-order valence-electron chi connectivity index (χ0n) is 9.26. The normalized spacial score (nSPS) is 9.73. The van der Waals surface area contributed by atoms with Crippen LogP contribution < -0.4 is 16.0 Å². The van der Waals surface area contributed by atoms with Crippen LogP contribution in [0.5, 0.6) is 0 Å². The summed E-state index contributed by atoms with van der Waals surface area (Å²) < 4.78 is 4.83. The number of amides is 2. The summed E-state index contributed by atoms with van der Waals surface area (Å²) in [6, 6.07) is 0. The molecule has 6 nitrogen and oxygen atoms in total. The van der Waals surface area contributed by atoms with Gasteiger partial charge < -0.3 is 15.4 Å². The number of nitrogens with one attached hydrogen (secondary N) is 3. The van der Waals surface area contributed by atoms with Gasteiger partial charge in [0, 0.05) is 27.3 Å². The van der Waals surface area contributed by atoms with Crippen LogP contribution in [-0.4, -0.2) is 52.2 Å². The molecule has 0 rings (SSSR count). The molecule has 0 aromatic rings. The Kier molecular flexibility index (Phi) is 8.70. The fraction of sp³-hybridized carbons (Fsp3) is 0.778. The Morgan fingerprint density at radius 2 is 1.87 bits per heavy atom. The predicted octanol–water partition coefficient (Wildman–Crippen LogP) is -1.53. The number of ether oxygens (including phenoxy) is 1. The largest absolute Gasteiger partial charge is 0.385 e. The van der Waals surface area contributed by atoms with E-state index in [2.05, 4.69) is 16.0 Å². The molecule has 0 heterocycles. The van der Waals surface area contributed by atoms with Crippen molar-refractivity contribution in [1.82, 2.24) is 16.0 Å². The zero-order valence-corrected chi connectivity index (χ0v) is 9.26. The Morgan fingerprint density at radius 3 is 2.47 bits per heavy atom. The molecule has 2 amide bonds. The minimum atomic E-state index is -0.137. The third-order valence-electron chi connectivity index (χ3n) is 1.70. The summed E-state index contributed by atoms with van der Waals surface area (Å²) in [6.07, 6.45) is 0.789. The van der Waals surface area contributed by atoms with E-state index >= 15 is 0 Å². The zero-order chi connectivity index (χ0) is 11.5. The highest BCUT2D eigenvalue weighted by Crippen LogP contribution is 1.76. The molecular formula is C9H19N3O3. The van der Waals surface area contributed by atoms with E-state index in [1.54, 1.807) is 14.2 Å². The number of methoxy groups -OCH3 is 1. The topological polar surface area (TPSA) is 79.5 Å². The molecule has 0 spiro atoms. The monoisotopic (exact) mass is 217 g/mol. The Bertz CT molecular complexity index is 197. The lowest BCUT2D eigenvalue weighted by molar-refractivity contribution is -0.121. The van der Waals surface area contributed by atoms with E-state index < -0.39 is 0 Å². The molecule has 0 fully saturated rings. The number of hydrogen-bond donors (Lipinski definition) is 3. The molecule has 0 aliphatic carbocycles. The first-order valence-corrected chi connectivity index (χ1v) is 4.87. The Hall–Kier alpha value is -1.14. The quantitative estimate of drug-likeness (QED) is 0.431. The molecule has 88 valence electrons. The predicted molar refractivity (Wildman–Crippen MR) is 56.4 cm³/mol. The van der Waals surface area contributed by atoms with Gasteiger partial charge in [0.1, 0.15) is 0 Å². The van der Waals surface area contributed by atoms with Crippen molar-refractivity contribution in [2.24, 2.45) is 0 Å². The van der Waals surface area contributed by atoms with Crippen molar-refractivity contribution in [1.29, 1.82) is 0 Å². The average Bonchev–Trinajstić information content (AvgIpc) is 2.24. The van der Waals surface area contributed by atoms with E-state index in [-0.39, 0.29) is 24.9 Å². The SMILES string of the molecule is CNC(=O)CNCC(=O)NCCCOC. The summed E-state index contributed by atoms with van der Waals surface area (Å²) in [7, 11) is 3.17. The van der Waals surface area contributed by atoms with Gasteiger partial charge in [0.25, 0.3) is 0 Å². The second-order valence-corrected chi connectivity index (χ2v) is 2.97. The minimum absolute atomic E-state index is 0.116. The van der Waals surface area contributed by atoms with Gasteiger partial charge in [0.05, 0.1) is 13.1 Å². The highest BCUT2D eigenvalue weighted by atomic mass is 16.5. The van der Waals surface area contributed by atoms with Gasteiger partial charge in [-0.2, -0.15) is 0 Å². The second kappa shape index (κ2) is 9.42. The summed E-state index contributed by atoms with van der Waals surface area (Å²) in [5.41, 5.74) is 0. The molecule has 0 radical (unpaired) electrons. The number of carbonyl (C=O) groups excluding carboxylic acids is 2. The molecule has 0 saturated carbocycles. The summed E-state index contributed by atoms with van der Waals surface area (Å²) in [5.74, 6) is -0.253. The first-order chi connectivity index (χ1) is 7.20. The molecule has 3 N–H and O–H groups in total. The highest BCUT2D eigenvalue weighted by molar-refractivity contribution is 5.80. The fourth-order valence-corrected chi connectivity index (χ4v) is 0.885. The molecule has 0 atom stereocenters. The van der Waals surface area contributed by atoms with Gasteiger partial charge in [0.15, 0.2) is 0 Å². The fourth-order valence-electron chi connectivity index (χ4n) is 0.885. The van der Waals surface area contributed by atoms with E-state index in [0.29, 0.717) is 13.2 Å². The van der Waals surface area contributed by atoms with Crippen molar-refractivity contribution < 1.29 is 14.3 Å². The molecule has 6 heteroatoms. The Morgan fingerprint density at radius 1 is 1.20 bits per heavy atom. The molecule has 15 heavy (non-hydrogen) atoms. The highest BCUT2D eigenvalue weighted by Gasteiger charge is 2.01. The van der Waals surface area contributed by atoms with Gasteiger partial charge in [-0.1, -0.05) is 0 Å². The third-order valence-corrected chi connectivity index (χ3v) is 1.70. The number of likely N-dealkylation sites (N-methyl/N-ethyl adjacent to an activating group) is 1. The summed E-state index contributed by atoms with van der Waals surface area (Å²) in [6.45, 7) is 1.53. The van der Waals surface area contributed by atoms with Crippen LogP contribution in [0.2, 0.25) is 0 Å². The maximum Gasteiger partial charge on any atom is 0.233 e. The molecule has 0 aliphatic heterocycles. The maximum absolute atomic E-state index is 11.1. The van der Waals surface area contributed by atoms with Crippen LogP contribution in [0.25, 0.3) is 0 Å². The molecule has 0 unspecified atom stereocenters. The first-order valence-electron chi connectivity index (χ1n) is 4.87. The molecule has 0 aromatic heterocycles. The van der Waals surface area contributed by atoms with Gasteiger partial charge in [-0.25, -0.2) is 0 Å². The van der Waals surface area contributed by atoms with Gasteiger partial charge in [-0.15, -0.1) is 0 Å². The van der Waals surface area contributed by atoms with Gasteiger partial charge in [0.2, 0.25) is 11.8 Å². The molecule has 0 aliphatic rings. The number of hydrogen-bond acceptors (Lipinski definition) is 4. The first kappa shape index (κ1) is 13.9. The van der Waals surface area contributed by atoms with E-state index in [9.17, 15) is 9.59 Å². The van der Waals surface area contributed by atoms with Crippen LogP contribution in [0.4, 0.5) is 0 Å². The van der Waals surface area contributed by atoms with Crippen LogP contribution >= 0.6 is 0 Å². The smallest absolute Gasteiger partial charge is 0.233 e. The van der Waals surface area contributed by atoms with Crippen molar-refractivity contribution >= 4 is 11.8 Å². The lowest BCUT2D eigenvalue weighted by Gasteiger charge is -2.05. The van der Waals surface area contributed by atoms with Crippen LogP contribution in [0.1, 0.15) is 6.42 Å². The van der Waals surface area contributed by atoms with Crippen LogP contribution in [0.15, 0.2) is 0 Å². The standard InChI is InChI=1S/C9H19N3O3/c1-10-8(13)6-11-7-9(14)12-4-3-5-15-2/h11H,3-7H2,1-2H3,(H,10,13)(H,12,14). The lowest BCUT2D eigenvalue weighted by atomic mass is 10.4. The Balaban J connectivity index is 3.29. The number of carbonyl (C=O) groups is 2. The average molecular weight is 217 g/mol. The minimum Gasteiger partial charge on any atom is -0.385 e. The number of rotatable bonds is 8. The third kappa shape index (κ3) is 9.17. The van der Waals surface area contributed by atoms with Crippen molar-refractivity contribution in [3.8, 4) is 0 Å². The van der Waals surface area contributed by atoms with E-state index in [4.69, 9.17) is 4.74 Å². The summed E-state index contributed by atoms with van der Waals surface area (Å²) in [4.78, 5) is 21.9. The maximum atomic E-state index is 11.1. The molecule has 0 saturated heterocycles. The van der Waals surface area contributed by atoms with E-state index in [0.717, 1.165) is 6.42 Å². The van der Waals surface area contributed by atoms with Gasteiger partial charge in [-0.05, 0) is 6.42 Å². The van der Waals surface area contributed by atoms with Crippen LogP contribution in [0.3, 0.4) is 0 Å².